The zero-order chi connectivity index (χ0) is 6.41. The fraction of sp³-hybridized carbons (Fsp3) is 0.833. The largest absolute Gasteiger partial charge is 0.299 e. The van der Waals surface area contributed by atoms with E-state index in [9.17, 15) is 4.79 Å². The first-order valence-corrected chi connectivity index (χ1v) is 4.01. The van der Waals surface area contributed by atoms with Gasteiger partial charge in [-0.2, -0.15) is 0 Å². The summed E-state index contributed by atoms with van der Waals surface area (Å²) in [5.74, 6) is 0.312. The highest BCUT2D eigenvalue weighted by atomic mass is 79.9. The molecule has 0 aliphatic heterocycles. The number of carbonyl (C=O) groups excluding carboxylic acids is 1. The zero-order valence-electron chi connectivity index (χ0n) is 5.11. The third kappa shape index (κ3) is 4.31. The maximum Gasteiger partial charge on any atom is 0.143 e. The van der Waals surface area contributed by atoms with Crippen molar-refractivity contribution in [2.24, 2.45) is 0 Å². The number of carbonyl (C=O) groups is 1. The van der Waals surface area contributed by atoms with E-state index in [-0.39, 0.29) is 0 Å². The topological polar surface area (TPSA) is 17.1 Å². The number of hydrogen-bond acceptors (Lipinski definition) is 1. The molecule has 48 valence electrons. The van der Waals surface area contributed by atoms with Crippen molar-refractivity contribution < 1.29 is 4.79 Å². The van der Waals surface area contributed by atoms with Gasteiger partial charge in [0.2, 0.25) is 0 Å². The molecule has 0 radical (unpaired) electrons. The van der Waals surface area contributed by atoms with Gasteiger partial charge in [0, 0.05) is 6.42 Å². The van der Waals surface area contributed by atoms with Crippen molar-refractivity contribution in [3.8, 4) is 0 Å². The molecule has 8 heavy (non-hydrogen) atoms. The summed E-state index contributed by atoms with van der Waals surface area (Å²) in [5.41, 5.74) is 0. The van der Waals surface area contributed by atoms with Gasteiger partial charge < -0.3 is 0 Å². The molecule has 0 unspecified atom stereocenters. The Kier molecular flexibility index (Phi) is 5.39. The zero-order valence-corrected chi connectivity index (χ0v) is 6.70. The number of unbranched alkanes of at least 4 members (excludes halogenated alkanes) is 1. The summed E-state index contributed by atoms with van der Waals surface area (Å²) in [7, 11) is 0. The number of hydrogen-bond donors (Lipinski definition) is 0. The van der Waals surface area contributed by atoms with Crippen LogP contribution in [-0.2, 0) is 4.79 Å². The van der Waals surface area contributed by atoms with E-state index in [1.807, 2.05) is 0 Å². The van der Waals surface area contributed by atoms with Crippen molar-refractivity contribution in [1.82, 2.24) is 0 Å². The highest BCUT2D eigenvalue weighted by molar-refractivity contribution is 9.09. The first kappa shape index (κ1) is 8.15. The van der Waals surface area contributed by atoms with Crippen molar-refractivity contribution in [1.29, 1.82) is 0 Å². The summed E-state index contributed by atoms with van der Waals surface area (Å²) in [6.07, 6.45) is 2.88. The van der Waals surface area contributed by atoms with Crippen LogP contribution in [0.25, 0.3) is 0 Å². The number of alkyl halides is 1. The van der Waals surface area contributed by atoms with Gasteiger partial charge in [0.15, 0.2) is 0 Å². The van der Waals surface area contributed by atoms with E-state index in [1.54, 1.807) is 0 Å². The van der Waals surface area contributed by atoms with Crippen LogP contribution in [0, 0.1) is 0 Å². The monoisotopic (exact) mass is 178 g/mol. The summed E-state index contributed by atoms with van der Waals surface area (Å²) >= 11 is 3.10. The minimum atomic E-state index is 0.312. The van der Waals surface area contributed by atoms with Crippen molar-refractivity contribution >= 4 is 21.7 Å². The van der Waals surface area contributed by atoms with Gasteiger partial charge in [0.05, 0.1) is 5.33 Å². The van der Waals surface area contributed by atoms with Gasteiger partial charge in [-0.05, 0) is 6.42 Å². The van der Waals surface area contributed by atoms with Gasteiger partial charge in [0.25, 0.3) is 0 Å². The van der Waals surface area contributed by atoms with E-state index in [0.29, 0.717) is 11.1 Å². The van der Waals surface area contributed by atoms with E-state index in [0.717, 1.165) is 19.3 Å². The number of rotatable bonds is 4. The smallest absolute Gasteiger partial charge is 0.143 e. The summed E-state index contributed by atoms with van der Waals surface area (Å²) in [6.45, 7) is 2.08. The molecule has 0 saturated carbocycles. The molecular weight excluding hydrogens is 168 g/mol. The molecule has 0 bridgehead atoms. The molecule has 0 heterocycles. The van der Waals surface area contributed by atoms with Crippen LogP contribution in [0.1, 0.15) is 26.2 Å². The molecule has 0 N–H and O–H groups in total. The normalized spacial score (nSPS) is 9.25. The minimum Gasteiger partial charge on any atom is -0.299 e. The van der Waals surface area contributed by atoms with E-state index in [4.69, 9.17) is 0 Å². The summed E-state index contributed by atoms with van der Waals surface area (Å²) in [4.78, 5) is 10.5. The maximum atomic E-state index is 10.5. The van der Waals surface area contributed by atoms with Crippen LogP contribution in [-0.4, -0.2) is 11.1 Å². The van der Waals surface area contributed by atoms with E-state index >= 15 is 0 Å². The number of ketones is 1. The Hall–Kier alpha value is 0.150. The Balaban J connectivity index is 2.99. The highest BCUT2D eigenvalue weighted by Gasteiger charge is 1.94. The van der Waals surface area contributed by atoms with Crippen molar-refractivity contribution in [3.05, 3.63) is 0 Å². The third-order valence-corrected chi connectivity index (χ3v) is 1.58. The van der Waals surface area contributed by atoms with Crippen LogP contribution in [0.15, 0.2) is 0 Å². The second kappa shape index (κ2) is 5.29. The number of Topliss-reactive ketones (excluding diaryl/α,β-unsaturated/α-hetero) is 1. The van der Waals surface area contributed by atoms with Crippen LogP contribution in [0.5, 0.6) is 0 Å². The summed E-state index contributed by atoms with van der Waals surface area (Å²) in [5, 5.41) is 0.521. The molecular formula is C6H11BrO. The molecule has 0 saturated heterocycles. The number of halogens is 1. The molecule has 0 aliphatic rings. The summed E-state index contributed by atoms with van der Waals surface area (Å²) < 4.78 is 0. The SMILES string of the molecule is CCCCC(=O)CBr. The Bertz CT molecular complexity index is 70.9. The van der Waals surface area contributed by atoms with Gasteiger partial charge in [-0.1, -0.05) is 29.3 Å². The standard InChI is InChI=1S/C6H11BrO/c1-2-3-4-6(8)5-7/h2-5H2,1H3. The first-order chi connectivity index (χ1) is 3.81. The van der Waals surface area contributed by atoms with Gasteiger partial charge in [-0.25, -0.2) is 0 Å². The van der Waals surface area contributed by atoms with Crippen molar-refractivity contribution in [2.75, 3.05) is 5.33 Å². The maximum absolute atomic E-state index is 10.5. The second-order valence-electron chi connectivity index (χ2n) is 1.78. The Morgan fingerprint density at radius 3 is 2.62 bits per heavy atom. The molecule has 0 aromatic rings. The Labute approximate surface area is 58.6 Å². The minimum absolute atomic E-state index is 0.312. The van der Waals surface area contributed by atoms with E-state index in [1.165, 1.54) is 0 Å². The van der Waals surface area contributed by atoms with Gasteiger partial charge in [-0.15, -0.1) is 0 Å². The molecule has 0 fully saturated rings. The third-order valence-electron chi connectivity index (χ3n) is 0.958. The first-order valence-electron chi connectivity index (χ1n) is 2.89. The Morgan fingerprint density at radius 1 is 1.62 bits per heavy atom. The van der Waals surface area contributed by atoms with Gasteiger partial charge in [0.1, 0.15) is 5.78 Å². The lowest BCUT2D eigenvalue weighted by Gasteiger charge is -1.90. The molecule has 0 amide bonds. The van der Waals surface area contributed by atoms with E-state index < -0.39 is 0 Å². The van der Waals surface area contributed by atoms with Gasteiger partial charge >= 0.3 is 0 Å². The predicted octanol–water partition coefficient (Wildman–Crippen LogP) is 2.14. The van der Waals surface area contributed by atoms with E-state index in [2.05, 4.69) is 22.9 Å². The molecule has 0 rings (SSSR count). The lowest BCUT2D eigenvalue weighted by molar-refractivity contribution is -0.116. The molecule has 0 aromatic carbocycles. The van der Waals surface area contributed by atoms with Crippen molar-refractivity contribution in [2.45, 2.75) is 26.2 Å². The average Bonchev–Trinajstić information content (AvgIpc) is 1.83. The predicted molar refractivity (Wildman–Crippen MR) is 38.3 cm³/mol. The fourth-order valence-corrected chi connectivity index (χ4v) is 0.721. The molecule has 1 nitrogen and oxygen atoms in total. The Morgan fingerprint density at radius 2 is 2.25 bits per heavy atom. The molecule has 0 aromatic heterocycles. The van der Waals surface area contributed by atoms with Crippen LogP contribution >= 0.6 is 15.9 Å². The van der Waals surface area contributed by atoms with Crippen LogP contribution in [0.2, 0.25) is 0 Å². The van der Waals surface area contributed by atoms with Crippen LogP contribution < -0.4 is 0 Å². The molecule has 2 heteroatoms. The molecule has 0 atom stereocenters. The molecule has 0 spiro atoms. The van der Waals surface area contributed by atoms with Crippen molar-refractivity contribution in [3.63, 3.8) is 0 Å². The molecule has 0 aliphatic carbocycles. The van der Waals surface area contributed by atoms with Crippen LogP contribution in [0.4, 0.5) is 0 Å². The lowest BCUT2D eigenvalue weighted by Crippen LogP contribution is -1.96. The quantitative estimate of drug-likeness (QED) is 0.604. The van der Waals surface area contributed by atoms with Crippen LogP contribution in [0.3, 0.4) is 0 Å². The lowest BCUT2D eigenvalue weighted by atomic mass is 10.2. The average molecular weight is 179 g/mol. The highest BCUT2D eigenvalue weighted by Crippen LogP contribution is 1.96. The second-order valence-corrected chi connectivity index (χ2v) is 2.34. The summed E-state index contributed by atoms with van der Waals surface area (Å²) in [6, 6.07) is 0. The van der Waals surface area contributed by atoms with Gasteiger partial charge in [-0.3, -0.25) is 4.79 Å². The fourth-order valence-electron chi connectivity index (χ4n) is 0.441.